The van der Waals surface area contributed by atoms with E-state index in [1.807, 2.05) is 27.7 Å². The maximum Gasteiger partial charge on any atom is 0.328 e. The van der Waals surface area contributed by atoms with Gasteiger partial charge in [0.05, 0.1) is 13.0 Å². The minimum absolute atomic E-state index is 0.0148. The number of fused-ring (bicyclic) bond motifs is 2. The van der Waals surface area contributed by atoms with Gasteiger partial charge in [0.25, 0.3) is 0 Å². The van der Waals surface area contributed by atoms with Crippen molar-refractivity contribution in [2.75, 3.05) is 6.61 Å². The van der Waals surface area contributed by atoms with Crippen molar-refractivity contribution in [2.24, 2.45) is 29.6 Å². The van der Waals surface area contributed by atoms with Crippen molar-refractivity contribution in [1.29, 1.82) is 0 Å². The normalized spacial score (nSPS) is 33.0. The van der Waals surface area contributed by atoms with Crippen molar-refractivity contribution in [3.8, 4) is 5.75 Å². The first kappa shape index (κ1) is 37.0. The zero-order chi connectivity index (χ0) is 35.5. The molecule has 1 aromatic rings. The Balaban J connectivity index is 1.18. The van der Waals surface area contributed by atoms with Crippen LogP contribution in [0.2, 0.25) is 0 Å². The molecule has 2 amide bonds. The molecule has 10 atom stereocenters. The maximum absolute atomic E-state index is 13.4. The second-order valence-electron chi connectivity index (χ2n) is 14.7. The van der Waals surface area contributed by atoms with Gasteiger partial charge in [-0.3, -0.25) is 14.4 Å². The number of hydrogen-bond donors (Lipinski definition) is 3. The molecule has 0 unspecified atom stereocenters. The molecule has 1 saturated carbocycles. The standard InChI is InChI=1S/C36H52N2O11/c1-7-44-32(43)28(19-23-9-11-24(39)12-10-23)38-31(42)27(18-20(2)3)37-29(40)14-15-30(41)45-33-22(5)26-13-8-21(4)25-16-17-35(6)47-34(46-33)36(25,26)49-48-35/h9-12,20-22,25-28,33-34,39H,7-8,13-19H2,1-6H3,(H,37,40)(H,38,42)/t21-,22-,25+,26+,27+,28-,33+,34+,35-,36+/m1/s1. The number of phenolic OH excluding ortho intramolecular Hbond substituents is 1. The van der Waals surface area contributed by atoms with E-state index in [9.17, 15) is 24.3 Å². The summed E-state index contributed by atoms with van der Waals surface area (Å²) >= 11 is 0. The predicted octanol–water partition coefficient (Wildman–Crippen LogP) is 4.04. The summed E-state index contributed by atoms with van der Waals surface area (Å²) in [4.78, 5) is 64.3. The Morgan fingerprint density at radius 3 is 2.41 bits per heavy atom. The van der Waals surface area contributed by atoms with Crippen molar-refractivity contribution >= 4 is 23.8 Å². The summed E-state index contributed by atoms with van der Waals surface area (Å²) in [6.07, 6.45) is 1.78. The van der Waals surface area contributed by atoms with Crippen LogP contribution >= 0.6 is 0 Å². The molecule has 49 heavy (non-hydrogen) atoms. The molecule has 5 aliphatic rings. The fourth-order valence-electron chi connectivity index (χ4n) is 7.96. The third-order valence-electron chi connectivity index (χ3n) is 10.5. The third kappa shape index (κ3) is 8.22. The number of hydrogen-bond acceptors (Lipinski definition) is 11. The van der Waals surface area contributed by atoms with E-state index < -0.39 is 59.8 Å². The van der Waals surface area contributed by atoms with Gasteiger partial charge in [0.2, 0.25) is 23.9 Å². The van der Waals surface area contributed by atoms with Gasteiger partial charge in [-0.2, -0.15) is 0 Å². The number of ether oxygens (including phenoxy) is 4. The van der Waals surface area contributed by atoms with E-state index >= 15 is 0 Å². The highest BCUT2D eigenvalue weighted by atomic mass is 17.3. The van der Waals surface area contributed by atoms with E-state index in [4.69, 9.17) is 28.7 Å². The van der Waals surface area contributed by atoms with Gasteiger partial charge in [0, 0.05) is 31.1 Å². The zero-order valence-electron chi connectivity index (χ0n) is 29.4. The Morgan fingerprint density at radius 2 is 1.71 bits per heavy atom. The van der Waals surface area contributed by atoms with Crippen molar-refractivity contribution in [2.45, 2.75) is 129 Å². The molecule has 6 rings (SSSR count). The number of benzene rings is 1. The molecule has 0 radical (unpaired) electrons. The zero-order valence-corrected chi connectivity index (χ0v) is 29.4. The average molecular weight is 689 g/mol. The van der Waals surface area contributed by atoms with E-state index in [0.29, 0.717) is 24.3 Å². The number of carbonyl (C=O) groups is 4. The van der Waals surface area contributed by atoms with Gasteiger partial charge >= 0.3 is 11.9 Å². The number of aromatic hydroxyl groups is 1. The van der Waals surface area contributed by atoms with Gasteiger partial charge in [0.15, 0.2) is 11.9 Å². The molecule has 0 aromatic heterocycles. The van der Waals surface area contributed by atoms with E-state index in [-0.39, 0.29) is 55.3 Å². The Kier molecular flexibility index (Phi) is 11.6. The number of rotatable bonds is 13. The molecule has 3 N–H and O–H groups in total. The summed E-state index contributed by atoms with van der Waals surface area (Å²) in [6.45, 7) is 11.7. The Labute approximate surface area is 288 Å². The van der Waals surface area contributed by atoms with Crippen LogP contribution in [0.5, 0.6) is 5.75 Å². The number of phenols is 1. The van der Waals surface area contributed by atoms with Crippen LogP contribution in [-0.4, -0.2) is 71.5 Å². The van der Waals surface area contributed by atoms with Crippen LogP contribution in [0.1, 0.15) is 92.1 Å². The first-order chi connectivity index (χ1) is 23.2. The first-order valence-electron chi connectivity index (χ1n) is 17.7. The van der Waals surface area contributed by atoms with Crippen LogP contribution in [0, 0.1) is 29.6 Å². The molecule has 1 aromatic carbocycles. The number of nitrogens with one attached hydrogen (secondary N) is 2. The fourth-order valence-corrected chi connectivity index (χ4v) is 7.96. The molecule has 13 heteroatoms. The predicted molar refractivity (Wildman–Crippen MR) is 174 cm³/mol. The minimum atomic E-state index is -1.01. The number of esters is 2. The molecule has 4 saturated heterocycles. The Hall–Kier alpha value is -3.26. The second-order valence-corrected chi connectivity index (χ2v) is 14.7. The van der Waals surface area contributed by atoms with Gasteiger partial charge in [-0.25, -0.2) is 14.6 Å². The van der Waals surface area contributed by atoms with Crippen LogP contribution in [0.4, 0.5) is 0 Å². The summed E-state index contributed by atoms with van der Waals surface area (Å²) in [5, 5.41) is 15.1. The highest BCUT2D eigenvalue weighted by Crippen LogP contribution is 2.60. The van der Waals surface area contributed by atoms with Gasteiger partial charge in [-0.1, -0.05) is 39.8 Å². The lowest BCUT2D eigenvalue weighted by atomic mass is 9.58. The van der Waals surface area contributed by atoms with E-state index in [0.717, 1.165) is 19.3 Å². The van der Waals surface area contributed by atoms with Crippen molar-refractivity contribution in [3.05, 3.63) is 29.8 Å². The molecule has 1 spiro atoms. The molecule has 13 nitrogen and oxygen atoms in total. The lowest BCUT2D eigenvalue weighted by Crippen LogP contribution is -2.70. The molecular weight excluding hydrogens is 636 g/mol. The maximum atomic E-state index is 13.4. The minimum Gasteiger partial charge on any atom is -0.508 e. The summed E-state index contributed by atoms with van der Waals surface area (Å²) in [7, 11) is 0. The van der Waals surface area contributed by atoms with Crippen molar-refractivity contribution in [1.82, 2.24) is 10.6 Å². The summed E-state index contributed by atoms with van der Waals surface area (Å²) in [5.74, 6) is -2.74. The average Bonchev–Trinajstić information content (AvgIpc) is 3.28. The molecule has 1 aliphatic carbocycles. The van der Waals surface area contributed by atoms with Crippen LogP contribution in [0.25, 0.3) is 0 Å². The third-order valence-corrected chi connectivity index (χ3v) is 10.5. The van der Waals surface area contributed by atoms with Crippen LogP contribution in [0.3, 0.4) is 0 Å². The van der Waals surface area contributed by atoms with Gasteiger partial charge in [-0.15, -0.1) is 0 Å². The highest BCUT2D eigenvalue weighted by molar-refractivity contribution is 5.91. The largest absolute Gasteiger partial charge is 0.508 e. The lowest BCUT2D eigenvalue weighted by molar-refractivity contribution is -0.576. The van der Waals surface area contributed by atoms with E-state index in [1.165, 1.54) is 12.1 Å². The highest BCUT2D eigenvalue weighted by Gasteiger charge is 2.69. The Morgan fingerprint density at radius 1 is 0.980 bits per heavy atom. The molecule has 272 valence electrons. The first-order valence-corrected chi connectivity index (χ1v) is 17.7. The second kappa shape index (κ2) is 15.3. The quantitative estimate of drug-likeness (QED) is 0.202. The van der Waals surface area contributed by atoms with Crippen LogP contribution in [0.15, 0.2) is 24.3 Å². The Bertz CT molecular complexity index is 1350. The van der Waals surface area contributed by atoms with Crippen molar-refractivity contribution < 1.29 is 53.0 Å². The molecule has 2 bridgehead atoms. The molecular formula is C36H52N2O11. The van der Waals surface area contributed by atoms with Gasteiger partial charge in [-0.05, 0) is 75.0 Å². The van der Waals surface area contributed by atoms with Crippen LogP contribution < -0.4 is 10.6 Å². The summed E-state index contributed by atoms with van der Waals surface area (Å²) < 4.78 is 23.7. The molecule has 5 fully saturated rings. The number of amides is 2. The van der Waals surface area contributed by atoms with Crippen LogP contribution in [-0.2, 0) is 54.3 Å². The monoisotopic (exact) mass is 688 g/mol. The van der Waals surface area contributed by atoms with E-state index in [2.05, 4.69) is 17.6 Å². The smallest absolute Gasteiger partial charge is 0.328 e. The van der Waals surface area contributed by atoms with Gasteiger partial charge in [0.1, 0.15) is 17.8 Å². The molecule has 4 heterocycles. The SMILES string of the molecule is CCOC(=O)[C@@H](Cc1ccc(O)cc1)NC(=O)[C@H](CC(C)C)NC(=O)CCC(=O)O[C@H]1O[C@H]2O[C@@]3(C)CC[C@H]4[C@H](C)CC[C@@H]([C@H]1C)[C@]24OO3. The molecule has 4 aliphatic heterocycles. The number of carbonyl (C=O) groups excluding carboxylic acids is 4. The van der Waals surface area contributed by atoms with E-state index in [1.54, 1.807) is 19.1 Å². The van der Waals surface area contributed by atoms with Gasteiger partial charge < -0.3 is 34.7 Å². The fraction of sp³-hybridized carbons (Fsp3) is 0.722. The topological polar surface area (TPSA) is 168 Å². The summed E-state index contributed by atoms with van der Waals surface area (Å²) in [5.41, 5.74) is -0.0744. The van der Waals surface area contributed by atoms with Crippen molar-refractivity contribution in [3.63, 3.8) is 0 Å². The lowest BCUT2D eigenvalue weighted by Gasteiger charge is -2.59. The summed E-state index contributed by atoms with van der Waals surface area (Å²) in [6, 6.07) is 4.33.